The van der Waals surface area contributed by atoms with Crippen LogP contribution < -0.4 is 5.32 Å². The molecule has 1 unspecified atom stereocenters. The summed E-state index contributed by atoms with van der Waals surface area (Å²) >= 11 is 1.66. The summed E-state index contributed by atoms with van der Waals surface area (Å²) in [7, 11) is 0. The Kier molecular flexibility index (Phi) is 2.97. The second-order valence-corrected chi connectivity index (χ2v) is 4.38. The third-order valence-electron chi connectivity index (χ3n) is 2.17. The zero-order chi connectivity index (χ0) is 10.7. The first-order chi connectivity index (χ1) is 7.25. The van der Waals surface area contributed by atoms with Crippen molar-refractivity contribution in [1.82, 2.24) is 9.97 Å². The van der Waals surface area contributed by atoms with Crippen molar-refractivity contribution in [3.05, 3.63) is 40.6 Å². The Hall–Kier alpha value is -1.42. The van der Waals surface area contributed by atoms with Crippen LogP contribution in [0.2, 0.25) is 0 Å². The highest BCUT2D eigenvalue weighted by Crippen LogP contribution is 2.21. The second-order valence-electron chi connectivity index (χ2n) is 3.46. The number of nitrogens with one attached hydrogen (secondary N) is 1. The maximum atomic E-state index is 4.24. The van der Waals surface area contributed by atoms with Crippen molar-refractivity contribution in [2.24, 2.45) is 0 Å². The van der Waals surface area contributed by atoms with Gasteiger partial charge in [0.05, 0.1) is 23.4 Å². The number of hydrogen-bond donors (Lipinski definition) is 1. The minimum atomic E-state index is 0.280. The van der Waals surface area contributed by atoms with Gasteiger partial charge in [-0.2, -0.15) is 0 Å². The zero-order valence-corrected chi connectivity index (χ0v) is 9.58. The topological polar surface area (TPSA) is 37.8 Å². The van der Waals surface area contributed by atoms with Gasteiger partial charge in [-0.15, -0.1) is 11.3 Å². The molecule has 0 spiro atoms. The van der Waals surface area contributed by atoms with Crippen molar-refractivity contribution >= 4 is 17.0 Å². The van der Waals surface area contributed by atoms with E-state index in [-0.39, 0.29) is 6.04 Å². The van der Waals surface area contributed by atoms with Crippen LogP contribution in [0.4, 0.5) is 5.69 Å². The summed E-state index contributed by atoms with van der Waals surface area (Å²) < 4.78 is 0. The van der Waals surface area contributed by atoms with E-state index < -0.39 is 0 Å². The molecule has 0 bridgehead atoms. The quantitative estimate of drug-likeness (QED) is 0.862. The molecule has 0 saturated carbocycles. The predicted octanol–water partition coefficient (Wildman–Crippen LogP) is 3.02. The standard InChI is InChI=1S/C11H13N3S/c1-8-3-4-10(5-13-8)14-9(2)11-6-12-7-15-11/h3-7,9,14H,1-2H3. The summed E-state index contributed by atoms with van der Waals surface area (Å²) in [6, 6.07) is 4.32. The van der Waals surface area contributed by atoms with Gasteiger partial charge in [0.25, 0.3) is 0 Å². The molecule has 0 aliphatic rings. The highest BCUT2D eigenvalue weighted by Gasteiger charge is 2.06. The summed E-state index contributed by atoms with van der Waals surface area (Å²) in [6.45, 7) is 4.10. The third kappa shape index (κ3) is 2.53. The highest BCUT2D eigenvalue weighted by atomic mass is 32.1. The van der Waals surface area contributed by atoms with Gasteiger partial charge >= 0.3 is 0 Å². The molecule has 4 heteroatoms. The summed E-state index contributed by atoms with van der Waals surface area (Å²) in [6.07, 6.45) is 3.75. The molecule has 0 aliphatic heterocycles. The average molecular weight is 219 g/mol. The SMILES string of the molecule is Cc1ccc(NC(C)c2cncs2)cn1. The van der Waals surface area contributed by atoms with E-state index in [9.17, 15) is 0 Å². The molecule has 78 valence electrons. The molecular weight excluding hydrogens is 206 g/mol. The fourth-order valence-electron chi connectivity index (χ4n) is 1.31. The van der Waals surface area contributed by atoms with Gasteiger partial charge in [-0.3, -0.25) is 9.97 Å². The van der Waals surface area contributed by atoms with Crippen LogP contribution in [0.15, 0.2) is 30.0 Å². The molecule has 1 atom stereocenters. The first-order valence-corrected chi connectivity index (χ1v) is 5.71. The molecule has 0 saturated heterocycles. The van der Waals surface area contributed by atoms with Crippen molar-refractivity contribution in [3.63, 3.8) is 0 Å². The molecule has 0 amide bonds. The van der Waals surface area contributed by atoms with Gasteiger partial charge in [-0.25, -0.2) is 0 Å². The molecule has 0 radical (unpaired) electrons. The summed E-state index contributed by atoms with van der Waals surface area (Å²) in [5.74, 6) is 0. The lowest BCUT2D eigenvalue weighted by molar-refractivity contribution is 0.900. The minimum absolute atomic E-state index is 0.280. The number of rotatable bonds is 3. The predicted molar refractivity (Wildman–Crippen MR) is 63.1 cm³/mol. The van der Waals surface area contributed by atoms with Crippen LogP contribution in [0, 0.1) is 6.92 Å². The molecule has 2 aromatic heterocycles. The lowest BCUT2D eigenvalue weighted by Crippen LogP contribution is -2.05. The van der Waals surface area contributed by atoms with Crippen LogP contribution >= 0.6 is 11.3 Å². The Morgan fingerprint density at radius 1 is 1.33 bits per heavy atom. The molecule has 3 nitrogen and oxygen atoms in total. The minimum Gasteiger partial charge on any atom is -0.376 e. The van der Waals surface area contributed by atoms with Gasteiger partial charge in [0.2, 0.25) is 0 Å². The number of thiazole rings is 1. The average Bonchev–Trinajstić information content (AvgIpc) is 2.74. The van der Waals surface area contributed by atoms with E-state index in [0.717, 1.165) is 11.4 Å². The van der Waals surface area contributed by atoms with Crippen LogP contribution in [-0.2, 0) is 0 Å². The molecule has 0 aliphatic carbocycles. The van der Waals surface area contributed by atoms with Gasteiger partial charge in [0.1, 0.15) is 0 Å². The molecule has 15 heavy (non-hydrogen) atoms. The second kappa shape index (κ2) is 4.40. The van der Waals surface area contributed by atoms with Gasteiger partial charge < -0.3 is 5.32 Å². The monoisotopic (exact) mass is 219 g/mol. The highest BCUT2D eigenvalue weighted by molar-refractivity contribution is 7.09. The van der Waals surface area contributed by atoms with Gasteiger partial charge in [0, 0.05) is 16.8 Å². The largest absolute Gasteiger partial charge is 0.376 e. The summed E-state index contributed by atoms with van der Waals surface area (Å²) in [5, 5.41) is 3.38. The van der Waals surface area contributed by atoms with E-state index >= 15 is 0 Å². The molecule has 1 N–H and O–H groups in total. The maximum absolute atomic E-state index is 4.24. The van der Waals surface area contributed by atoms with Crippen molar-refractivity contribution in [2.75, 3.05) is 5.32 Å². The Morgan fingerprint density at radius 2 is 2.20 bits per heavy atom. The van der Waals surface area contributed by atoms with Gasteiger partial charge in [-0.1, -0.05) is 0 Å². The van der Waals surface area contributed by atoms with Gasteiger partial charge in [0.15, 0.2) is 0 Å². The number of pyridine rings is 1. The molecule has 2 heterocycles. The van der Waals surface area contributed by atoms with Crippen molar-refractivity contribution in [3.8, 4) is 0 Å². The number of aromatic nitrogens is 2. The number of hydrogen-bond acceptors (Lipinski definition) is 4. The fourth-order valence-corrected chi connectivity index (χ4v) is 1.94. The Bertz CT molecular complexity index is 408. The van der Waals surface area contributed by atoms with E-state index in [0.29, 0.717) is 0 Å². The van der Waals surface area contributed by atoms with E-state index in [1.54, 1.807) is 11.3 Å². The normalized spacial score (nSPS) is 12.4. The maximum Gasteiger partial charge on any atom is 0.0795 e. The smallest absolute Gasteiger partial charge is 0.0795 e. The Labute approximate surface area is 93.2 Å². The number of aryl methyl sites for hydroxylation is 1. The van der Waals surface area contributed by atoms with E-state index in [1.165, 1.54) is 4.88 Å². The van der Waals surface area contributed by atoms with E-state index in [2.05, 4.69) is 22.2 Å². The lowest BCUT2D eigenvalue weighted by Gasteiger charge is -2.12. The molecule has 0 fully saturated rings. The first-order valence-electron chi connectivity index (χ1n) is 4.83. The van der Waals surface area contributed by atoms with Crippen molar-refractivity contribution in [1.29, 1.82) is 0 Å². The van der Waals surface area contributed by atoms with E-state index in [1.807, 2.05) is 37.0 Å². The number of nitrogens with zero attached hydrogens (tertiary/aromatic N) is 2. The van der Waals surface area contributed by atoms with Crippen LogP contribution in [0.3, 0.4) is 0 Å². The Balaban J connectivity index is 2.06. The first kappa shape index (κ1) is 10.1. The van der Waals surface area contributed by atoms with Crippen molar-refractivity contribution < 1.29 is 0 Å². The third-order valence-corrected chi connectivity index (χ3v) is 3.13. The van der Waals surface area contributed by atoms with Crippen molar-refractivity contribution in [2.45, 2.75) is 19.9 Å². The molecule has 2 rings (SSSR count). The van der Waals surface area contributed by atoms with E-state index in [4.69, 9.17) is 0 Å². The molecule has 2 aromatic rings. The lowest BCUT2D eigenvalue weighted by atomic mass is 10.2. The molecular formula is C11H13N3S. The fraction of sp³-hybridized carbons (Fsp3) is 0.273. The van der Waals surface area contributed by atoms with Crippen LogP contribution in [-0.4, -0.2) is 9.97 Å². The zero-order valence-electron chi connectivity index (χ0n) is 8.77. The summed E-state index contributed by atoms with van der Waals surface area (Å²) in [5.41, 5.74) is 3.92. The van der Waals surface area contributed by atoms with Crippen LogP contribution in [0.5, 0.6) is 0 Å². The molecule has 0 aromatic carbocycles. The van der Waals surface area contributed by atoms with Gasteiger partial charge in [-0.05, 0) is 26.0 Å². The number of anilines is 1. The van der Waals surface area contributed by atoms with Crippen LogP contribution in [0.1, 0.15) is 23.5 Å². The van der Waals surface area contributed by atoms with Crippen LogP contribution in [0.25, 0.3) is 0 Å². The summed E-state index contributed by atoms with van der Waals surface area (Å²) in [4.78, 5) is 9.53. The Morgan fingerprint density at radius 3 is 2.80 bits per heavy atom.